The lowest BCUT2D eigenvalue weighted by Crippen LogP contribution is -1.99. The fourth-order valence-electron chi connectivity index (χ4n) is 1.85. The lowest BCUT2D eigenvalue weighted by atomic mass is 10.1. The second-order valence-corrected chi connectivity index (χ2v) is 4.54. The van der Waals surface area contributed by atoms with Crippen LogP contribution in [0.15, 0.2) is 30.5 Å². The van der Waals surface area contributed by atoms with Gasteiger partial charge in [0.05, 0.1) is 0 Å². The number of hydrogen-bond acceptors (Lipinski definition) is 2. The number of aryl methyl sites for hydroxylation is 1. The van der Waals surface area contributed by atoms with Crippen LogP contribution in [0, 0.1) is 0 Å². The monoisotopic (exact) mass is 220 g/mol. The Labute approximate surface area is 94.5 Å². The third kappa shape index (κ3) is 2.03. The van der Waals surface area contributed by atoms with Gasteiger partial charge in [-0.3, -0.25) is 0 Å². The lowest BCUT2D eigenvalue weighted by molar-refractivity contribution is 0.808. The van der Waals surface area contributed by atoms with E-state index in [1.54, 1.807) is 0 Å². The van der Waals surface area contributed by atoms with E-state index in [0.29, 0.717) is 6.54 Å². The first-order valence-corrected chi connectivity index (χ1v) is 6.52. The van der Waals surface area contributed by atoms with E-state index in [4.69, 9.17) is 5.73 Å². The van der Waals surface area contributed by atoms with Crippen molar-refractivity contribution in [3.8, 4) is 0 Å². The molecule has 3 heteroatoms. The van der Waals surface area contributed by atoms with Crippen LogP contribution >= 0.6 is 11.8 Å². The number of hydrogen-bond donors (Lipinski definition) is 1. The average molecular weight is 220 g/mol. The summed E-state index contributed by atoms with van der Waals surface area (Å²) < 4.78 is 2.30. The Morgan fingerprint density at radius 1 is 1.33 bits per heavy atom. The summed E-state index contributed by atoms with van der Waals surface area (Å²) in [7, 11) is 0. The van der Waals surface area contributed by atoms with Gasteiger partial charge < -0.3 is 10.3 Å². The number of aromatic nitrogens is 1. The molecule has 1 heterocycles. The molecule has 2 nitrogen and oxygen atoms in total. The summed E-state index contributed by atoms with van der Waals surface area (Å²) >= 11 is 1.87. The topological polar surface area (TPSA) is 30.9 Å². The van der Waals surface area contributed by atoms with E-state index in [1.165, 1.54) is 16.5 Å². The van der Waals surface area contributed by atoms with Crippen LogP contribution in [0.3, 0.4) is 0 Å². The van der Waals surface area contributed by atoms with Gasteiger partial charge in [-0.05, 0) is 24.0 Å². The van der Waals surface area contributed by atoms with Crippen LogP contribution < -0.4 is 5.73 Å². The molecule has 0 aliphatic heterocycles. The minimum absolute atomic E-state index is 0.615. The predicted molar refractivity (Wildman–Crippen MR) is 68.2 cm³/mol. The molecule has 1 aromatic heterocycles. The SMILES string of the molecule is CSCCn1ccc2c(CN)cccc21. The van der Waals surface area contributed by atoms with E-state index < -0.39 is 0 Å². The molecule has 0 saturated heterocycles. The molecule has 80 valence electrons. The molecule has 0 bridgehead atoms. The van der Waals surface area contributed by atoms with Gasteiger partial charge in [0, 0.05) is 35.9 Å². The number of nitrogens with zero attached hydrogens (tertiary/aromatic N) is 1. The number of thioether (sulfide) groups is 1. The van der Waals surface area contributed by atoms with Crippen LogP contribution in [-0.2, 0) is 13.1 Å². The summed E-state index contributed by atoms with van der Waals surface area (Å²) in [6.07, 6.45) is 4.29. The van der Waals surface area contributed by atoms with Gasteiger partial charge in [-0.1, -0.05) is 12.1 Å². The summed E-state index contributed by atoms with van der Waals surface area (Å²) in [6, 6.07) is 8.51. The van der Waals surface area contributed by atoms with Crippen molar-refractivity contribution in [1.82, 2.24) is 4.57 Å². The molecule has 0 saturated carbocycles. The molecule has 0 amide bonds. The second kappa shape index (κ2) is 4.73. The first kappa shape index (κ1) is 10.6. The van der Waals surface area contributed by atoms with Crippen molar-refractivity contribution in [1.29, 1.82) is 0 Å². The Balaban J connectivity index is 2.42. The van der Waals surface area contributed by atoms with E-state index in [2.05, 4.69) is 41.3 Å². The van der Waals surface area contributed by atoms with Crippen LogP contribution in [-0.4, -0.2) is 16.6 Å². The molecule has 2 aromatic rings. The highest BCUT2D eigenvalue weighted by molar-refractivity contribution is 7.98. The Morgan fingerprint density at radius 2 is 2.20 bits per heavy atom. The summed E-state index contributed by atoms with van der Waals surface area (Å²) in [4.78, 5) is 0. The van der Waals surface area contributed by atoms with Crippen molar-refractivity contribution in [2.24, 2.45) is 5.73 Å². The molecule has 1 aromatic carbocycles. The molecular formula is C12H16N2S. The van der Waals surface area contributed by atoms with Gasteiger partial charge in [-0.25, -0.2) is 0 Å². The molecule has 0 unspecified atom stereocenters. The minimum atomic E-state index is 0.615. The third-order valence-electron chi connectivity index (χ3n) is 2.66. The molecule has 2 N–H and O–H groups in total. The normalized spacial score (nSPS) is 11.1. The minimum Gasteiger partial charge on any atom is -0.347 e. The van der Waals surface area contributed by atoms with Crippen LogP contribution in [0.4, 0.5) is 0 Å². The number of rotatable bonds is 4. The Morgan fingerprint density at radius 3 is 2.93 bits per heavy atom. The van der Waals surface area contributed by atoms with E-state index in [-0.39, 0.29) is 0 Å². The molecule has 0 atom stereocenters. The first-order valence-electron chi connectivity index (χ1n) is 5.12. The van der Waals surface area contributed by atoms with Crippen molar-refractivity contribution in [2.75, 3.05) is 12.0 Å². The number of benzene rings is 1. The van der Waals surface area contributed by atoms with E-state index in [0.717, 1.165) is 12.3 Å². The van der Waals surface area contributed by atoms with Gasteiger partial charge in [0.25, 0.3) is 0 Å². The standard InChI is InChI=1S/C12H16N2S/c1-15-8-7-14-6-5-11-10(9-13)3-2-4-12(11)14/h2-6H,7-9,13H2,1H3. The van der Waals surface area contributed by atoms with Crippen LogP contribution in [0.2, 0.25) is 0 Å². The van der Waals surface area contributed by atoms with Crippen molar-refractivity contribution in [2.45, 2.75) is 13.1 Å². The van der Waals surface area contributed by atoms with Crippen molar-refractivity contribution in [3.05, 3.63) is 36.0 Å². The van der Waals surface area contributed by atoms with Gasteiger partial charge in [0.2, 0.25) is 0 Å². The Bertz CT molecular complexity index is 448. The zero-order valence-corrected chi connectivity index (χ0v) is 9.76. The zero-order chi connectivity index (χ0) is 10.7. The molecular weight excluding hydrogens is 204 g/mol. The van der Waals surface area contributed by atoms with Gasteiger partial charge in [-0.15, -0.1) is 0 Å². The summed E-state index contributed by atoms with van der Waals surface area (Å²) in [5, 5.41) is 1.29. The highest BCUT2D eigenvalue weighted by Gasteiger charge is 2.03. The summed E-state index contributed by atoms with van der Waals surface area (Å²) in [5.41, 5.74) is 8.24. The average Bonchev–Trinajstić information content (AvgIpc) is 2.69. The van der Waals surface area contributed by atoms with E-state index >= 15 is 0 Å². The van der Waals surface area contributed by atoms with Gasteiger partial charge >= 0.3 is 0 Å². The Kier molecular flexibility index (Phi) is 3.34. The molecule has 0 aliphatic carbocycles. The van der Waals surface area contributed by atoms with Crippen LogP contribution in [0.25, 0.3) is 10.9 Å². The number of nitrogens with two attached hydrogens (primary N) is 1. The van der Waals surface area contributed by atoms with Crippen molar-refractivity contribution in [3.63, 3.8) is 0 Å². The van der Waals surface area contributed by atoms with Crippen molar-refractivity contribution < 1.29 is 0 Å². The lowest BCUT2D eigenvalue weighted by Gasteiger charge is -2.05. The van der Waals surface area contributed by atoms with Gasteiger partial charge in [-0.2, -0.15) is 11.8 Å². The van der Waals surface area contributed by atoms with E-state index in [9.17, 15) is 0 Å². The maximum atomic E-state index is 5.71. The fraction of sp³-hybridized carbons (Fsp3) is 0.333. The highest BCUT2D eigenvalue weighted by atomic mass is 32.2. The number of fused-ring (bicyclic) bond motifs is 1. The molecule has 15 heavy (non-hydrogen) atoms. The summed E-state index contributed by atoms with van der Waals surface area (Å²) in [6.45, 7) is 1.68. The van der Waals surface area contributed by atoms with Gasteiger partial charge in [0.15, 0.2) is 0 Å². The molecule has 2 rings (SSSR count). The zero-order valence-electron chi connectivity index (χ0n) is 8.94. The maximum Gasteiger partial charge on any atom is 0.0483 e. The second-order valence-electron chi connectivity index (χ2n) is 3.56. The molecule has 0 spiro atoms. The highest BCUT2D eigenvalue weighted by Crippen LogP contribution is 2.20. The van der Waals surface area contributed by atoms with Gasteiger partial charge in [0.1, 0.15) is 0 Å². The van der Waals surface area contributed by atoms with Crippen LogP contribution in [0.1, 0.15) is 5.56 Å². The quantitative estimate of drug-likeness (QED) is 0.858. The summed E-state index contributed by atoms with van der Waals surface area (Å²) in [5.74, 6) is 1.15. The smallest absolute Gasteiger partial charge is 0.0483 e. The Hall–Kier alpha value is -0.930. The molecule has 0 radical (unpaired) electrons. The molecule has 0 fully saturated rings. The predicted octanol–water partition coefficient (Wildman–Crippen LogP) is 2.46. The maximum absolute atomic E-state index is 5.71. The molecule has 0 aliphatic rings. The van der Waals surface area contributed by atoms with Crippen LogP contribution in [0.5, 0.6) is 0 Å². The first-order chi connectivity index (χ1) is 7.36. The largest absolute Gasteiger partial charge is 0.347 e. The fourth-order valence-corrected chi connectivity index (χ4v) is 2.23. The van der Waals surface area contributed by atoms with Crippen molar-refractivity contribution >= 4 is 22.7 Å². The third-order valence-corrected chi connectivity index (χ3v) is 3.25. The van der Waals surface area contributed by atoms with E-state index in [1.807, 2.05) is 11.8 Å².